The van der Waals surface area contributed by atoms with E-state index in [1.165, 1.54) is 5.56 Å². The van der Waals surface area contributed by atoms with Gasteiger partial charge in [-0.3, -0.25) is 4.98 Å². The maximum Gasteiger partial charge on any atom is 0.410 e. The maximum atomic E-state index is 12.1. The number of carbonyl (C=O) groups excluding carboxylic acids is 1. The van der Waals surface area contributed by atoms with Gasteiger partial charge in [0.15, 0.2) is 0 Å². The molecule has 1 saturated heterocycles. The van der Waals surface area contributed by atoms with E-state index in [9.17, 15) is 4.79 Å². The van der Waals surface area contributed by atoms with Crippen LogP contribution in [0.2, 0.25) is 0 Å². The number of carbonyl (C=O) groups is 1. The third-order valence-electron chi connectivity index (χ3n) is 3.59. The van der Waals surface area contributed by atoms with Gasteiger partial charge in [-0.25, -0.2) is 4.79 Å². The molecular formula is C17H26N2O2. The van der Waals surface area contributed by atoms with Gasteiger partial charge in [0, 0.05) is 24.5 Å². The highest BCUT2D eigenvalue weighted by Gasteiger charge is 2.29. The summed E-state index contributed by atoms with van der Waals surface area (Å²) in [6.45, 7) is 11.4. The molecule has 0 spiro atoms. The van der Waals surface area contributed by atoms with Gasteiger partial charge in [0.25, 0.3) is 0 Å². The van der Waals surface area contributed by atoms with Crippen molar-refractivity contribution >= 4 is 6.09 Å². The average molecular weight is 290 g/mol. The largest absolute Gasteiger partial charge is 0.444 e. The molecule has 0 aliphatic carbocycles. The van der Waals surface area contributed by atoms with Crippen LogP contribution in [-0.4, -0.2) is 34.7 Å². The molecule has 1 amide bonds. The summed E-state index contributed by atoms with van der Waals surface area (Å²) in [5.41, 5.74) is 3.01. The number of hydrogen-bond acceptors (Lipinski definition) is 3. The zero-order chi connectivity index (χ0) is 15.6. The molecule has 0 N–H and O–H groups in total. The minimum absolute atomic E-state index is 0.196. The molecule has 2 rings (SSSR count). The average Bonchev–Trinajstić information content (AvgIpc) is 2.73. The Morgan fingerprint density at radius 3 is 2.71 bits per heavy atom. The van der Waals surface area contributed by atoms with E-state index in [1.54, 1.807) is 0 Å². The van der Waals surface area contributed by atoms with Gasteiger partial charge in [-0.2, -0.15) is 0 Å². The summed E-state index contributed by atoms with van der Waals surface area (Å²) >= 11 is 0. The number of rotatable bonds is 2. The molecule has 0 radical (unpaired) electrons. The molecule has 1 unspecified atom stereocenters. The fourth-order valence-electron chi connectivity index (χ4n) is 2.82. The fourth-order valence-corrected chi connectivity index (χ4v) is 2.82. The van der Waals surface area contributed by atoms with Gasteiger partial charge in [0.05, 0.1) is 0 Å². The van der Waals surface area contributed by atoms with Crippen LogP contribution in [0.15, 0.2) is 12.1 Å². The van der Waals surface area contributed by atoms with Gasteiger partial charge >= 0.3 is 6.09 Å². The molecule has 0 aromatic carbocycles. The monoisotopic (exact) mass is 290 g/mol. The van der Waals surface area contributed by atoms with Crippen molar-refractivity contribution < 1.29 is 9.53 Å². The van der Waals surface area contributed by atoms with Gasteiger partial charge in [0.2, 0.25) is 0 Å². The third kappa shape index (κ3) is 4.73. The molecule has 4 heteroatoms. The van der Waals surface area contributed by atoms with E-state index in [4.69, 9.17) is 4.74 Å². The molecule has 0 bridgehead atoms. The van der Waals surface area contributed by atoms with Crippen LogP contribution in [0.5, 0.6) is 0 Å². The summed E-state index contributed by atoms with van der Waals surface area (Å²) < 4.78 is 5.43. The summed E-state index contributed by atoms with van der Waals surface area (Å²) in [6.07, 6.45) is 1.76. The number of ether oxygens (including phenoxy) is 1. The molecule has 1 atom stereocenters. The maximum absolute atomic E-state index is 12.1. The minimum atomic E-state index is -0.426. The standard InChI is InChI=1S/C17H26N2O2/c1-12-8-13(2)18-15(9-12)10-14-6-7-19(11-14)16(20)21-17(3,4)5/h8-9,14H,6-7,10-11H2,1-5H3. The molecule has 0 saturated carbocycles. The van der Waals surface area contributed by atoms with Crippen molar-refractivity contribution in [3.8, 4) is 0 Å². The van der Waals surface area contributed by atoms with E-state index >= 15 is 0 Å². The van der Waals surface area contributed by atoms with Crippen molar-refractivity contribution in [3.63, 3.8) is 0 Å². The quantitative estimate of drug-likeness (QED) is 0.837. The van der Waals surface area contributed by atoms with E-state index in [-0.39, 0.29) is 6.09 Å². The number of nitrogens with zero attached hydrogens (tertiary/aromatic N) is 2. The van der Waals surface area contributed by atoms with Gasteiger partial charge < -0.3 is 9.64 Å². The summed E-state index contributed by atoms with van der Waals surface area (Å²) in [6, 6.07) is 4.23. The van der Waals surface area contributed by atoms with Crippen LogP contribution in [0.1, 0.15) is 44.1 Å². The Labute approximate surface area is 127 Å². The molecule has 1 fully saturated rings. The lowest BCUT2D eigenvalue weighted by molar-refractivity contribution is 0.0288. The molecule has 21 heavy (non-hydrogen) atoms. The zero-order valence-electron chi connectivity index (χ0n) is 13.8. The number of likely N-dealkylation sites (tertiary alicyclic amines) is 1. The van der Waals surface area contributed by atoms with E-state index in [0.717, 1.165) is 37.3 Å². The van der Waals surface area contributed by atoms with Crippen molar-refractivity contribution in [3.05, 3.63) is 29.1 Å². The van der Waals surface area contributed by atoms with Gasteiger partial charge in [-0.15, -0.1) is 0 Å². The SMILES string of the molecule is Cc1cc(C)nc(CC2CCN(C(=O)OC(C)(C)C)C2)c1. The van der Waals surface area contributed by atoms with Crippen molar-refractivity contribution in [2.75, 3.05) is 13.1 Å². The Morgan fingerprint density at radius 2 is 2.10 bits per heavy atom. The van der Waals surface area contributed by atoms with Gasteiger partial charge in [0.1, 0.15) is 5.60 Å². The molecule has 2 heterocycles. The highest BCUT2D eigenvalue weighted by atomic mass is 16.6. The van der Waals surface area contributed by atoms with Crippen molar-refractivity contribution in [2.45, 2.75) is 53.1 Å². The second-order valence-corrected chi connectivity index (χ2v) is 7.06. The van der Waals surface area contributed by atoms with Crippen molar-refractivity contribution in [2.24, 2.45) is 5.92 Å². The second kappa shape index (κ2) is 6.04. The predicted molar refractivity (Wildman–Crippen MR) is 83.3 cm³/mol. The van der Waals surface area contributed by atoms with Crippen LogP contribution >= 0.6 is 0 Å². The molecular weight excluding hydrogens is 264 g/mol. The first kappa shape index (κ1) is 15.8. The Balaban J connectivity index is 1.92. The molecule has 4 nitrogen and oxygen atoms in total. The number of aryl methyl sites for hydroxylation is 2. The summed E-state index contributed by atoms with van der Waals surface area (Å²) in [7, 11) is 0. The van der Waals surface area contributed by atoms with E-state index in [2.05, 4.69) is 24.0 Å². The molecule has 1 aliphatic rings. The zero-order valence-corrected chi connectivity index (χ0v) is 13.8. The molecule has 1 aromatic rings. The van der Waals surface area contributed by atoms with Gasteiger partial charge in [-0.05, 0) is 71.1 Å². The van der Waals surface area contributed by atoms with Crippen LogP contribution in [0.3, 0.4) is 0 Å². The van der Waals surface area contributed by atoms with Gasteiger partial charge in [-0.1, -0.05) is 0 Å². The first-order valence-electron chi connectivity index (χ1n) is 7.65. The van der Waals surface area contributed by atoms with Crippen LogP contribution in [-0.2, 0) is 11.2 Å². The molecule has 116 valence electrons. The minimum Gasteiger partial charge on any atom is -0.444 e. The second-order valence-electron chi connectivity index (χ2n) is 7.06. The third-order valence-corrected chi connectivity index (χ3v) is 3.59. The van der Waals surface area contributed by atoms with E-state index in [0.29, 0.717) is 5.92 Å². The Bertz CT molecular complexity index is 500. The van der Waals surface area contributed by atoms with Crippen LogP contribution in [0, 0.1) is 19.8 Å². The Hall–Kier alpha value is -1.58. The lowest BCUT2D eigenvalue weighted by atomic mass is 10.0. The number of amides is 1. The Kier molecular flexibility index (Phi) is 4.55. The highest BCUT2D eigenvalue weighted by Crippen LogP contribution is 2.22. The van der Waals surface area contributed by atoms with Crippen molar-refractivity contribution in [1.29, 1.82) is 0 Å². The topological polar surface area (TPSA) is 42.4 Å². The van der Waals surface area contributed by atoms with Crippen molar-refractivity contribution in [1.82, 2.24) is 9.88 Å². The number of aromatic nitrogens is 1. The van der Waals surface area contributed by atoms with Crippen LogP contribution in [0.25, 0.3) is 0 Å². The first-order chi connectivity index (χ1) is 9.73. The highest BCUT2D eigenvalue weighted by molar-refractivity contribution is 5.68. The Morgan fingerprint density at radius 1 is 1.38 bits per heavy atom. The number of hydrogen-bond donors (Lipinski definition) is 0. The van der Waals surface area contributed by atoms with Crippen LogP contribution < -0.4 is 0 Å². The smallest absolute Gasteiger partial charge is 0.410 e. The lowest BCUT2D eigenvalue weighted by Gasteiger charge is -2.24. The lowest BCUT2D eigenvalue weighted by Crippen LogP contribution is -2.35. The summed E-state index contributed by atoms with van der Waals surface area (Å²) in [4.78, 5) is 18.5. The summed E-state index contributed by atoms with van der Waals surface area (Å²) in [5.74, 6) is 0.478. The van der Waals surface area contributed by atoms with Crippen LogP contribution in [0.4, 0.5) is 4.79 Å². The van der Waals surface area contributed by atoms with E-state index in [1.807, 2.05) is 32.6 Å². The first-order valence-corrected chi connectivity index (χ1v) is 7.65. The van der Waals surface area contributed by atoms with E-state index < -0.39 is 5.60 Å². The number of pyridine rings is 1. The molecule has 1 aliphatic heterocycles. The molecule has 1 aromatic heterocycles. The fraction of sp³-hybridized carbons (Fsp3) is 0.647. The predicted octanol–water partition coefficient (Wildman–Crippen LogP) is 3.50. The summed E-state index contributed by atoms with van der Waals surface area (Å²) in [5, 5.41) is 0. The normalized spacial score (nSPS) is 18.9.